The van der Waals surface area contributed by atoms with Crippen LogP contribution in [0.4, 0.5) is 0 Å². The topological polar surface area (TPSA) is 69.3 Å². The van der Waals surface area contributed by atoms with Gasteiger partial charge in [-0.1, -0.05) is 13.0 Å². The molecule has 3 heterocycles. The van der Waals surface area contributed by atoms with E-state index < -0.39 is 5.91 Å². The predicted molar refractivity (Wildman–Crippen MR) is 85.2 cm³/mol. The first-order chi connectivity index (χ1) is 11.1. The van der Waals surface area contributed by atoms with Crippen LogP contribution in [0.1, 0.15) is 37.7 Å². The number of carbonyl (C=O) groups excluding carboxylic acids is 1. The fourth-order valence-electron chi connectivity index (χ4n) is 3.98. The molecule has 5 heteroatoms. The number of piperidine rings is 1. The van der Waals surface area contributed by atoms with Crippen LogP contribution >= 0.6 is 0 Å². The average Bonchev–Trinajstić information content (AvgIpc) is 2.53. The van der Waals surface area contributed by atoms with E-state index in [1.54, 1.807) is 6.20 Å². The van der Waals surface area contributed by atoms with Crippen LogP contribution < -0.4 is 10.7 Å². The van der Waals surface area contributed by atoms with E-state index in [9.17, 15) is 10.1 Å². The highest BCUT2D eigenvalue weighted by Crippen LogP contribution is 2.49. The Balaban J connectivity index is 1.77. The van der Waals surface area contributed by atoms with Crippen molar-refractivity contribution in [1.82, 2.24) is 9.88 Å². The highest BCUT2D eigenvalue weighted by atomic mass is 16.1. The first-order valence-corrected chi connectivity index (χ1v) is 8.10. The van der Waals surface area contributed by atoms with Crippen molar-refractivity contribution < 1.29 is 4.79 Å². The lowest BCUT2D eigenvalue weighted by atomic mass is 9.63. The number of rotatable bonds is 1. The van der Waals surface area contributed by atoms with Crippen LogP contribution in [0.25, 0.3) is 12.3 Å². The van der Waals surface area contributed by atoms with E-state index in [-0.39, 0.29) is 5.57 Å². The number of likely N-dealkylation sites (tertiary alicyclic amines) is 1. The number of pyridine rings is 1. The van der Waals surface area contributed by atoms with E-state index in [0.29, 0.717) is 16.1 Å². The van der Waals surface area contributed by atoms with Crippen LogP contribution in [-0.2, 0) is 4.79 Å². The smallest absolute Gasteiger partial charge is 0.290 e. The van der Waals surface area contributed by atoms with E-state index >= 15 is 0 Å². The maximum atomic E-state index is 12.2. The van der Waals surface area contributed by atoms with Gasteiger partial charge in [0, 0.05) is 18.7 Å². The number of nitriles is 1. The van der Waals surface area contributed by atoms with E-state index in [1.807, 2.05) is 6.07 Å². The molecule has 0 N–H and O–H groups in total. The minimum Gasteiger partial charge on any atom is -0.370 e. The maximum absolute atomic E-state index is 12.2. The number of amides is 1. The van der Waals surface area contributed by atoms with E-state index in [1.165, 1.54) is 19.3 Å². The van der Waals surface area contributed by atoms with Crippen LogP contribution in [0.2, 0.25) is 0 Å². The molecule has 1 saturated carbocycles. The Morgan fingerprint density at radius 2 is 2.00 bits per heavy atom. The van der Waals surface area contributed by atoms with Crippen molar-refractivity contribution in [2.75, 3.05) is 13.1 Å². The summed E-state index contributed by atoms with van der Waals surface area (Å²) in [4.78, 5) is 22.5. The molecule has 2 aliphatic heterocycles. The van der Waals surface area contributed by atoms with Crippen molar-refractivity contribution in [3.63, 3.8) is 0 Å². The number of fused-ring (bicyclic) bond motifs is 1. The van der Waals surface area contributed by atoms with Gasteiger partial charge in [-0.05, 0) is 37.2 Å². The van der Waals surface area contributed by atoms with Crippen LogP contribution in [-0.4, -0.2) is 28.9 Å². The third-order valence-corrected chi connectivity index (χ3v) is 5.53. The van der Waals surface area contributed by atoms with Gasteiger partial charge < -0.3 is 4.90 Å². The van der Waals surface area contributed by atoms with Crippen molar-refractivity contribution in [2.45, 2.75) is 32.1 Å². The molecular weight excluding hydrogens is 288 g/mol. The van der Waals surface area contributed by atoms with Gasteiger partial charge >= 0.3 is 0 Å². The van der Waals surface area contributed by atoms with Gasteiger partial charge in [0.15, 0.2) is 0 Å². The van der Waals surface area contributed by atoms with Crippen molar-refractivity contribution in [3.8, 4) is 6.07 Å². The standard InChI is InChI=1S/C18H18N4O/c1-12-9-13-15(11-20-12)21-17(23)14(10-19)16(13)22-7-5-18(6-8-22)3-2-4-18/h9,11H,1-8H2. The summed E-state index contributed by atoms with van der Waals surface area (Å²) in [7, 11) is 0. The lowest BCUT2D eigenvalue weighted by Gasteiger charge is -2.49. The molecule has 4 rings (SSSR count). The molecule has 5 nitrogen and oxygen atoms in total. The molecule has 1 aliphatic carbocycles. The third kappa shape index (κ3) is 2.17. The molecule has 0 aromatic carbocycles. The molecule has 116 valence electrons. The van der Waals surface area contributed by atoms with Crippen molar-refractivity contribution in [3.05, 3.63) is 34.1 Å². The molecular formula is C18H18N4O. The van der Waals surface area contributed by atoms with E-state index in [2.05, 4.69) is 27.5 Å². The molecule has 1 saturated heterocycles. The quantitative estimate of drug-likeness (QED) is 0.780. The predicted octanol–water partition coefficient (Wildman–Crippen LogP) is 1.15. The van der Waals surface area contributed by atoms with Gasteiger partial charge in [-0.2, -0.15) is 5.26 Å². The van der Waals surface area contributed by atoms with Gasteiger partial charge in [-0.3, -0.25) is 9.78 Å². The monoisotopic (exact) mass is 306 g/mol. The molecule has 1 aromatic rings. The second-order valence-corrected chi connectivity index (χ2v) is 6.79. The Morgan fingerprint density at radius 1 is 1.26 bits per heavy atom. The molecule has 23 heavy (non-hydrogen) atoms. The minimum atomic E-state index is -0.461. The average molecular weight is 306 g/mol. The Bertz CT molecular complexity index is 863. The summed E-state index contributed by atoms with van der Waals surface area (Å²) in [5.41, 5.74) is 2.20. The van der Waals surface area contributed by atoms with Crippen LogP contribution in [0, 0.1) is 16.7 Å². The third-order valence-electron chi connectivity index (χ3n) is 5.53. The summed E-state index contributed by atoms with van der Waals surface area (Å²) in [5, 5.41) is 10.6. The molecule has 0 unspecified atom stereocenters. The molecule has 1 amide bonds. The van der Waals surface area contributed by atoms with E-state index in [4.69, 9.17) is 0 Å². The van der Waals surface area contributed by atoms with Crippen LogP contribution in [0.3, 0.4) is 0 Å². The normalized spacial score (nSPS) is 22.2. The summed E-state index contributed by atoms with van der Waals surface area (Å²) >= 11 is 0. The number of aromatic nitrogens is 1. The van der Waals surface area contributed by atoms with Gasteiger partial charge in [0.25, 0.3) is 5.91 Å². The molecule has 3 aliphatic rings. The Morgan fingerprint density at radius 3 is 2.61 bits per heavy atom. The molecule has 1 spiro atoms. The fraction of sp³-hybridized carbons (Fsp3) is 0.444. The molecule has 0 atom stereocenters. The number of nitrogens with zero attached hydrogens (tertiary/aromatic N) is 4. The van der Waals surface area contributed by atoms with Gasteiger partial charge in [0.1, 0.15) is 11.6 Å². The summed E-state index contributed by atoms with van der Waals surface area (Å²) in [6, 6.07) is 3.89. The van der Waals surface area contributed by atoms with E-state index in [0.717, 1.165) is 37.2 Å². The summed E-state index contributed by atoms with van der Waals surface area (Å²) in [5.74, 6) is -0.461. The number of carbonyl (C=O) groups is 1. The Labute approximate surface area is 134 Å². The fourth-order valence-corrected chi connectivity index (χ4v) is 3.98. The first-order valence-electron chi connectivity index (χ1n) is 8.10. The summed E-state index contributed by atoms with van der Waals surface area (Å²) < 4.78 is 0. The maximum Gasteiger partial charge on any atom is 0.290 e. The number of hydrogen-bond acceptors (Lipinski definition) is 4. The first kappa shape index (κ1) is 14.1. The van der Waals surface area contributed by atoms with Gasteiger partial charge in [0.05, 0.1) is 22.6 Å². The van der Waals surface area contributed by atoms with Gasteiger partial charge in [-0.15, -0.1) is 0 Å². The number of hydrogen-bond donors (Lipinski definition) is 0. The summed E-state index contributed by atoms with van der Waals surface area (Å²) in [6.07, 6.45) is 7.83. The van der Waals surface area contributed by atoms with Crippen molar-refractivity contribution >= 4 is 18.2 Å². The van der Waals surface area contributed by atoms with Crippen molar-refractivity contribution in [1.29, 1.82) is 5.26 Å². The second kappa shape index (κ2) is 5.02. The zero-order valence-corrected chi connectivity index (χ0v) is 13.0. The SMILES string of the molecule is C=c1cc2c(cn1)=NC(=O)C(C#N)=C2N1CCC2(CCC2)CC1. The molecule has 2 fully saturated rings. The lowest BCUT2D eigenvalue weighted by molar-refractivity contribution is -0.114. The molecule has 0 bridgehead atoms. The largest absolute Gasteiger partial charge is 0.370 e. The lowest BCUT2D eigenvalue weighted by Crippen LogP contribution is -2.44. The summed E-state index contributed by atoms with van der Waals surface area (Å²) in [6.45, 7) is 5.64. The van der Waals surface area contributed by atoms with Gasteiger partial charge in [0.2, 0.25) is 0 Å². The Hall–Kier alpha value is -2.48. The highest BCUT2D eigenvalue weighted by Gasteiger charge is 2.41. The highest BCUT2D eigenvalue weighted by molar-refractivity contribution is 6.06. The zero-order valence-electron chi connectivity index (χ0n) is 13.0. The second-order valence-electron chi connectivity index (χ2n) is 6.79. The molecule has 0 radical (unpaired) electrons. The molecule has 1 aromatic heterocycles. The van der Waals surface area contributed by atoms with Crippen molar-refractivity contribution in [2.24, 2.45) is 10.4 Å². The Kier molecular flexibility index (Phi) is 3.08. The van der Waals surface area contributed by atoms with Crippen LogP contribution in [0.5, 0.6) is 0 Å². The van der Waals surface area contributed by atoms with Crippen LogP contribution in [0.15, 0.2) is 22.8 Å². The zero-order chi connectivity index (χ0) is 16.0. The minimum absolute atomic E-state index is 0.146. The van der Waals surface area contributed by atoms with Gasteiger partial charge in [-0.25, -0.2) is 4.99 Å².